The molecule has 1 aromatic carbocycles. The third-order valence-electron chi connectivity index (χ3n) is 3.06. The standard InChI is InChI=1S/C16H13N2OP/c19-20(14-8-2-1-3-9-14,15-10-4-6-12-17-15)16-11-5-7-13-18-16/h1-13H. The molecule has 0 unspecified atom stereocenters. The van der Waals surface area contributed by atoms with E-state index in [0.29, 0.717) is 10.9 Å². The lowest BCUT2D eigenvalue weighted by Gasteiger charge is -2.17. The Morgan fingerprint density at radius 3 is 1.60 bits per heavy atom. The SMILES string of the molecule is O=P(c1ccccc1)(c1ccccn1)c1ccccn1. The fourth-order valence-corrected chi connectivity index (χ4v) is 4.51. The fraction of sp³-hybridized carbons (Fsp3) is 0. The second-order valence-electron chi connectivity index (χ2n) is 4.32. The minimum Gasteiger partial charge on any atom is -0.305 e. The van der Waals surface area contributed by atoms with Gasteiger partial charge >= 0.3 is 0 Å². The van der Waals surface area contributed by atoms with Crippen LogP contribution in [0.3, 0.4) is 0 Å². The van der Waals surface area contributed by atoms with Crippen LogP contribution in [0.5, 0.6) is 0 Å². The predicted octanol–water partition coefficient (Wildman–Crippen LogP) is 2.12. The van der Waals surface area contributed by atoms with Crippen LogP contribution in [0.25, 0.3) is 0 Å². The Bertz CT molecular complexity index is 627. The third-order valence-corrected chi connectivity index (χ3v) is 5.91. The highest BCUT2D eigenvalue weighted by Gasteiger charge is 2.31. The number of aromatic nitrogens is 2. The maximum atomic E-state index is 13.7. The smallest absolute Gasteiger partial charge is 0.205 e. The molecule has 2 heterocycles. The van der Waals surface area contributed by atoms with E-state index in [1.54, 1.807) is 24.5 Å². The van der Waals surface area contributed by atoms with E-state index in [9.17, 15) is 4.57 Å². The van der Waals surface area contributed by atoms with E-state index in [-0.39, 0.29) is 0 Å². The average Bonchev–Trinajstić information content (AvgIpc) is 2.56. The lowest BCUT2D eigenvalue weighted by atomic mass is 10.4. The molecule has 0 saturated heterocycles. The number of rotatable bonds is 3. The molecule has 0 aliphatic rings. The van der Waals surface area contributed by atoms with Crippen LogP contribution < -0.4 is 16.2 Å². The highest BCUT2D eigenvalue weighted by Crippen LogP contribution is 2.40. The van der Waals surface area contributed by atoms with Gasteiger partial charge < -0.3 is 4.57 Å². The molecular weight excluding hydrogens is 267 g/mol. The lowest BCUT2D eigenvalue weighted by molar-refractivity contribution is 0.591. The van der Waals surface area contributed by atoms with Crippen molar-refractivity contribution < 1.29 is 4.57 Å². The molecule has 0 aliphatic carbocycles. The van der Waals surface area contributed by atoms with E-state index >= 15 is 0 Å². The lowest BCUT2D eigenvalue weighted by Crippen LogP contribution is -2.28. The van der Waals surface area contributed by atoms with Gasteiger partial charge in [0.25, 0.3) is 0 Å². The van der Waals surface area contributed by atoms with Crippen LogP contribution >= 0.6 is 7.14 Å². The summed E-state index contributed by atoms with van der Waals surface area (Å²) in [6.45, 7) is 0. The van der Waals surface area contributed by atoms with Gasteiger partial charge in [0.05, 0.1) is 0 Å². The normalized spacial score (nSPS) is 11.2. The molecule has 0 bridgehead atoms. The zero-order valence-electron chi connectivity index (χ0n) is 10.8. The summed E-state index contributed by atoms with van der Waals surface area (Å²) in [6.07, 6.45) is 3.32. The topological polar surface area (TPSA) is 42.9 Å². The summed E-state index contributed by atoms with van der Waals surface area (Å²) in [5.74, 6) is 0. The van der Waals surface area contributed by atoms with E-state index in [2.05, 4.69) is 9.97 Å². The molecule has 0 aliphatic heterocycles. The summed E-state index contributed by atoms with van der Waals surface area (Å²) in [5.41, 5.74) is 1.12. The van der Waals surface area contributed by atoms with Crippen molar-refractivity contribution in [3.63, 3.8) is 0 Å². The Balaban J connectivity index is 2.27. The Morgan fingerprint density at radius 1 is 0.650 bits per heavy atom. The molecule has 0 fully saturated rings. The number of pyridine rings is 2. The van der Waals surface area contributed by atoms with Gasteiger partial charge in [-0.25, -0.2) is 0 Å². The summed E-state index contributed by atoms with van der Waals surface area (Å²) in [4.78, 5) is 8.60. The van der Waals surface area contributed by atoms with Gasteiger partial charge in [0, 0.05) is 17.7 Å². The molecule has 0 radical (unpaired) electrons. The van der Waals surface area contributed by atoms with E-state index in [0.717, 1.165) is 5.30 Å². The second-order valence-corrected chi connectivity index (χ2v) is 6.97. The van der Waals surface area contributed by atoms with Gasteiger partial charge in [-0.2, -0.15) is 0 Å². The zero-order chi connectivity index (χ0) is 13.8. The molecule has 4 heteroatoms. The minimum atomic E-state index is -3.00. The average molecular weight is 280 g/mol. The molecule has 0 saturated carbocycles. The van der Waals surface area contributed by atoms with Gasteiger partial charge in [0.2, 0.25) is 7.14 Å². The maximum absolute atomic E-state index is 13.7. The van der Waals surface area contributed by atoms with Crippen LogP contribution in [0.1, 0.15) is 0 Å². The highest BCUT2D eigenvalue weighted by atomic mass is 31.2. The van der Waals surface area contributed by atoms with Crippen molar-refractivity contribution in [2.24, 2.45) is 0 Å². The monoisotopic (exact) mass is 280 g/mol. The summed E-state index contributed by atoms with van der Waals surface area (Å²) in [5, 5.41) is 0.748. The molecule has 2 aromatic heterocycles. The van der Waals surface area contributed by atoms with Gasteiger partial charge in [0.1, 0.15) is 10.9 Å². The summed E-state index contributed by atoms with van der Waals surface area (Å²) < 4.78 is 13.7. The van der Waals surface area contributed by atoms with Crippen LogP contribution in [-0.4, -0.2) is 9.97 Å². The van der Waals surface area contributed by atoms with Crippen LogP contribution in [0.4, 0.5) is 0 Å². The van der Waals surface area contributed by atoms with Gasteiger partial charge in [-0.15, -0.1) is 0 Å². The number of nitrogens with zero attached hydrogens (tertiary/aromatic N) is 2. The van der Waals surface area contributed by atoms with Crippen molar-refractivity contribution in [3.8, 4) is 0 Å². The van der Waals surface area contributed by atoms with Gasteiger partial charge in [0.15, 0.2) is 0 Å². The number of benzene rings is 1. The molecular formula is C16H13N2OP. The fourth-order valence-electron chi connectivity index (χ4n) is 2.10. The minimum absolute atomic E-state index is 0.560. The highest BCUT2D eigenvalue weighted by molar-refractivity contribution is 7.84. The van der Waals surface area contributed by atoms with Crippen molar-refractivity contribution >= 4 is 23.3 Å². The Morgan fingerprint density at radius 2 is 1.15 bits per heavy atom. The van der Waals surface area contributed by atoms with Gasteiger partial charge in [-0.05, 0) is 24.3 Å². The Labute approximate surface area is 117 Å². The summed E-state index contributed by atoms with van der Waals surface area (Å²) in [7, 11) is -3.00. The molecule has 3 aromatic rings. The van der Waals surface area contributed by atoms with Crippen molar-refractivity contribution in [2.75, 3.05) is 0 Å². The van der Waals surface area contributed by atoms with E-state index < -0.39 is 7.14 Å². The second kappa shape index (κ2) is 5.40. The molecule has 0 amide bonds. The van der Waals surface area contributed by atoms with Crippen LogP contribution in [0, 0.1) is 0 Å². The van der Waals surface area contributed by atoms with Gasteiger partial charge in [-0.1, -0.05) is 42.5 Å². The maximum Gasteiger partial charge on any atom is 0.205 e. The van der Waals surface area contributed by atoms with Crippen LogP contribution in [0.2, 0.25) is 0 Å². The summed E-state index contributed by atoms with van der Waals surface area (Å²) >= 11 is 0. The van der Waals surface area contributed by atoms with Crippen molar-refractivity contribution in [1.29, 1.82) is 0 Å². The van der Waals surface area contributed by atoms with E-state index in [1.165, 1.54) is 0 Å². The van der Waals surface area contributed by atoms with Crippen LogP contribution in [-0.2, 0) is 4.57 Å². The van der Waals surface area contributed by atoms with Crippen molar-refractivity contribution in [1.82, 2.24) is 9.97 Å². The van der Waals surface area contributed by atoms with E-state index in [1.807, 2.05) is 54.6 Å². The van der Waals surface area contributed by atoms with Crippen molar-refractivity contribution in [2.45, 2.75) is 0 Å². The third kappa shape index (κ3) is 2.17. The van der Waals surface area contributed by atoms with Crippen LogP contribution in [0.15, 0.2) is 79.1 Å². The zero-order valence-corrected chi connectivity index (χ0v) is 11.6. The molecule has 20 heavy (non-hydrogen) atoms. The first kappa shape index (κ1) is 12.8. The first-order chi connectivity index (χ1) is 9.82. The quantitative estimate of drug-likeness (QED) is 0.690. The molecule has 0 atom stereocenters. The van der Waals surface area contributed by atoms with Crippen molar-refractivity contribution in [3.05, 3.63) is 79.1 Å². The largest absolute Gasteiger partial charge is 0.305 e. The molecule has 98 valence electrons. The summed E-state index contributed by atoms with van der Waals surface area (Å²) in [6, 6.07) is 20.3. The first-order valence-corrected chi connectivity index (χ1v) is 8.01. The molecule has 0 spiro atoms. The molecule has 3 rings (SSSR count). The number of hydrogen-bond donors (Lipinski definition) is 0. The molecule has 0 N–H and O–H groups in total. The predicted molar refractivity (Wildman–Crippen MR) is 81.4 cm³/mol. The number of hydrogen-bond acceptors (Lipinski definition) is 3. The Hall–Kier alpha value is -2.25. The van der Waals surface area contributed by atoms with E-state index in [4.69, 9.17) is 0 Å². The first-order valence-electron chi connectivity index (χ1n) is 6.31. The molecule has 3 nitrogen and oxygen atoms in total. The Kier molecular flexibility index (Phi) is 3.44. The van der Waals surface area contributed by atoms with Gasteiger partial charge in [-0.3, -0.25) is 9.97 Å².